The second-order valence-electron chi connectivity index (χ2n) is 2.70. The second kappa shape index (κ2) is 4.25. The topological polar surface area (TPSA) is 90.7 Å². The summed E-state index contributed by atoms with van der Waals surface area (Å²) in [5, 5.41) is 9.40. The first-order valence-corrected chi connectivity index (χ1v) is 5.04. The summed E-state index contributed by atoms with van der Waals surface area (Å²) in [6.45, 7) is 0.627. The molecule has 0 aliphatic heterocycles. The van der Waals surface area contributed by atoms with Crippen LogP contribution in [0, 0.1) is 0 Å². The average Bonchev–Trinajstić information content (AvgIpc) is 2.85. The number of aromatic nitrogens is 4. The minimum Gasteiger partial charge on any atom is -0.332 e. The molecule has 2 heterocycles. The van der Waals surface area contributed by atoms with E-state index < -0.39 is 0 Å². The molecule has 14 heavy (non-hydrogen) atoms. The molecule has 0 unspecified atom stereocenters. The molecule has 0 bridgehead atoms. The number of rotatable bonds is 4. The number of nitrogens with two attached hydrogens (primary N) is 1. The Morgan fingerprint density at radius 1 is 1.50 bits per heavy atom. The maximum atomic E-state index is 5.37. The Balaban J connectivity index is 2.10. The van der Waals surface area contributed by atoms with Gasteiger partial charge in [-0.3, -0.25) is 0 Å². The molecule has 2 aromatic heterocycles. The summed E-state index contributed by atoms with van der Waals surface area (Å²) >= 11 is 1.25. The highest BCUT2D eigenvalue weighted by Crippen LogP contribution is 2.14. The summed E-state index contributed by atoms with van der Waals surface area (Å²) in [7, 11) is 0. The zero-order valence-electron chi connectivity index (χ0n) is 7.38. The van der Waals surface area contributed by atoms with Gasteiger partial charge in [-0.1, -0.05) is 9.64 Å². The number of hydrogen-bond acceptors (Lipinski definition) is 7. The standard InChI is InChI=1S/C7H9N5OS/c8-3-1-2-6-9-7(13-11-6)5-4-14-12-10-5/h4H,1-3,8H2. The van der Waals surface area contributed by atoms with Crippen molar-refractivity contribution in [3.8, 4) is 11.6 Å². The van der Waals surface area contributed by atoms with Crippen molar-refractivity contribution >= 4 is 11.5 Å². The molecule has 6 nitrogen and oxygen atoms in total. The quantitative estimate of drug-likeness (QED) is 0.790. The molecular formula is C7H9N5OS. The molecule has 0 aromatic carbocycles. The van der Waals surface area contributed by atoms with E-state index in [-0.39, 0.29) is 0 Å². The Morgan fingerprint density at radius 3 is 3.14 bits per heavy atom. The van der Waals surface area contributed by atoms with Gasteiger partial charge >= 0.3 is 0 Å². The van der Waals surface area contributed by atoms with E-state index in [9.17, 15) is 0 Å². The fourth-order valence-corrected chi connectivity index (χ4v) is 1.41. The minimum absolute atomic E-state index is 0.422. The van der Waals surface area contributed by atoms with Crippen molar-refractivity contribution in [1.29, 1.82) is 0 Å². The van der Waals surface area contributed by atoms with Crippen molar-refractivity contribution in [1.82, 2.24) is 19.7 Å². The lowest BCUT2D eigenvalue weighted by Crippen LogP contribution is -2.01. The first-order valence-electron chi connectivity index (χ1n) is 4.20. The van der Waals surface area contributed by atoms with Gasteiger partial charge in [-0.05, 0) is 24.5 Å². The van der Waals surface area contributed by atoms with Gasteiger partial charge in [-0.25, -0.2) is 0 Å². The predicted molar refractivity (Wildman–Crippen MR) is 50.6 cm³/mol. The van der Waals surface area contributed by atoms with Gasteiger partial charge in [0.15, 0.2) is 11.5 Å². The third-order valence-electron chi connectivity index (χ3n) is 1.65. The van der Waals surface area contributed by atoms with Crippen LogP contribution in [0.5, 0.6) is 0 Å². The minimum atomic E-state index is 0.422. The molecular weight excluding hydrogens is 202 g/mol. The van der Waals surface area contributed by atoms with Crippen molar-refractivity contribution in [3.05, 3.63) is 11.2 Å². The number of nitrogens with zero attached hydrogens (tertiary/aromatic N) is 4. The van der Waals surface area contributed by atoms with Crippen molar-refractivity contribution in [2.45, 2.75) is 12.8 Å². The van der Waals surface area contributed by atoms with Crippen molar-refractivity contribution < 1.29 is 4.52 Å². The van der Waals surface area contributed by atoms with E-state index in [1.165, 1.54) is 11.5 Å². The third kappa shape index (κ3) is 1.94. The van der Waals surface area contributed by atoms with Crippen LogP contribution < -0.4 is 5.73 Å². The van der Waals surface area contributed by atoms with Crippen LogP contribution in [-0.4, -0.2) is 26.3 Å². The molecule has 0 aliphatic carbocycles. The van der Waals surface area contributed by atoms with Crippen LogP contribution in [0.25, 0.3) is 11.6 Å². The summed E-state index contributed by atoms with van der Waals surface area (Å²) < 4.78 is 8.72. The van der Waals surface area contributed by atoms with E-state index in [0.717, 1.165) is 12.8 Å². The average molecular weight is 211 g/mol. The molecule has 74 valence electrons. The van der Waals surface area contributed by atoms with E-state index in [0.29, 0.717) is 24.0 Å². The highest BCUT2D eigenvalue weighted by Gasteiger charge is 2.10. The zero-order chi connectivity index (χ0) is 9.80. The highest BCUT2D eigenvalue weighted by molar-refractivity contribution is 7.03. The van der Waals surface area contributed by atoms with Crippen LogP contribution in [0.15, 0.2) is 9.90 Å². The van der Waals surface area contributed by atoms with Gasteiger partial charge in [0.05, 0.1) is 0 Å². The number of hydrogen-bond donors (Lipinski definition) is 1. The van der Waals surface area contributed by atoms with Gasteiger partial charge in [0.25, 0.3) is 5.89 Å². The Hall–Kier alpha value is -1.34. The molecule has 0 saturated heterocycles. The van der Waals surface area contributed by atoms with Gasteiger partial charge in [-0.15, -0.1) is 5.10 Å². The van der Waals surface area contributed by atoms with Crippen LogP contribution in [0.2, 0.25) is 0 Å². The molecule has 0 amide bonds. The summed E-state index contributed by atoms with van der Waals surface area (Å²) in [6, 6.07) is 0. The molecule has 0 radical (unpaired) electrons. The molecule has 0 spiro atoms. The lowest BCUT2D eigenvalue weighted by molar-refractivity contribution is 0.420. The van der Waals surface area contributed by atoms with Gasteiger partial charge in [-0.2, -0.15) is 4.98 Å². The Kier molecular flexibility index (Phi) is 2.80. The first kappa shape index (κ1) is 9.22. The van der Waals surface area contributed by atoms with Gasteiger partial charge in [0, 0.05) is 11.8 Å². The zero-order valence-corrected chi connectivity index (χ0v) is 8.20. The molecule has 0 fully saturated rings. The normalized spacial score (nSPS) is 10.6. The van der Waals surface area contributed by atoms with Crippen molar-refractivity contribution in [2.75, 3.05) is 6.54 Å². The van der Waals surface area contributed by atoms with Crippen LogP contribution >= 0.6 is 11.5 Å². The molecule has 7 heteroatoms. The maximum Gasteiger partial charge on any atom is 0.279 e. The van der Waals surface area contributed by atoms with E-state index in [2.05, 4.69) is 19.7 Å². The summed E-state index contributed by atoms with van der Waals surface area (Å²) in [4.78, 5) is 4.16. The van der Waals surface area contributed by atoms with E-state index in [1.807, 2.05) is 0 Å². The molecule has 2 N–H and O–H groups in total. The van der Waals surface area contributed by atoms with Crippen molar-refractivity contribution in [3.63, 3.8) is 0 Å². The van der Waals surface area contributed by atoms with Gasteiger partial charge in [0.1, 0.15) is 0 Å². The second-order valence-corrected chi connectivity index (χ2v) is 3.31. The molecule has 0 atom stereocenters. The predicted octanol–water partition coefficient (Wildman–Crippen LogP) is 0.479. The van der Waals surface area contributed by atoms with Crippen LogP contribution in [0.4, 0.5) is 0 Å². The maximum absolute atomic E-state index is 5.37. The lowest BCUT2D eigenvalue weighted by Gasteiger charge is -1.87. The van der Waals surface area contributed by atoms with E-state index in [4.69, 9.17) is 10.3 Å². The number of aryl methyl sites for hydroxylation is 1. The Bertz CT molecular complexity index is 384. The fourth-order valence-electron chi connectivity index (χ4n) is 0.978. The molecule has 0 aliphatic rings. The van der Waals surface area contributed by atoms with Crippen LogP contribution in [-0.2, 0) is 6.42 Å². The van der Waals surface area contributed by atoms with Crippen LogP contribution in [0.1, 0.15) is 12.2 Å². The first-order chi connectivity index (χ1) is 6.90. The molecule has 2 rings (SSSR count). The summed E-state index contributed by atoms with van der Waals surface area (Å²) in [6.07, 6.45) is 1.59. The monoisotopic (exact) mass is 211 g/mol. The van der Waals surface area contributed by atoms with Gasteiger partial charge in [0.2, 0.25) is 0 Å². The Labute approximate surface area is 84.3 Å². The highest BCUT2D eigenvalue weighted by atomic mass is 32.1. The lowest BCUT2D eigenvalue weighted by atomic mass is 10.3. The van der Waals surface area contributed by atoms with Crippen molar-refractivity contribution in [2.24, 2.45) is 5.73 Å². The molecule has 2 aromatic rings. The van der Waals surface area contributed by atoms with Gasteiger partial charge < -0.3 is 10.3 Å². The third-order valence-corrected chi connectivity index (χ3v) is 2.16. The van der Waals surface area contributed by atoms with E-state index >= 15 is 0 Å². The van der Waals surface area contributed by atoms with E-state index in [1.54, 1.807) is 5.38 Å². The molecule has 0 saturated carbocycles. The SMILES string of the molecule is NCCCc1noc(-c2csnn2)n1. The van der Waals surface area contributed by atoms with Crippen LogP contribution in [0.3, 0.4) is 0 Å². The summed E-state index contributed by atoms with van der Waals surface area (Å²) in [5.41, 5.74) is 6.00. The smallest absolute Gasteiger partial charge is 0.279 e. The largest absolute Gasteiger partial charge is 0.332 e. The summed E-state index contributed by atoms with van der Waals surface area (Å²) in [5.74, 6) is 1.09. The Morgan fingerprint density at radius 2 is 2.43 bits per heavy atom. The fraction of sp³-hybridized carbons (Fsp3) is 0.429.